The molecule has 0 bridgehead atoms. The molecule has 2 aromatic heterocycles. The van der Waals surface area contributed by atoms with E-state index < -0.39 is 0 Å². The molecule has 2 N–H and O–H groups in total. The van der Waals surface area contributed by atoms with E-state index in [4.69, 9.17) is 10.5 Å². The Hall–Kier alpha value is -0.730. The van der Waals surface area contributed by atoms with Gasteiger partial charge in [0.2, 0.25) is 0 Å². The minimum atomic E-state index is -0.0674. The summed E-state index contributed by atoms with van der Waals surface area (Å²) in [6.07, 6.45) is 5.19. The number of fused-ring (bicyclic) bond motifs is 1. The second-order valence-electron chi connectivity index (χ2n) is 5.01. The van der Waals surface area contributed by atoms with Crippen LogP contribution in [0.25, 0.3) is 11.2 Å². The van der Waals surface area contributed by atoms with Crippen molar-refractivity contribution in [3.05, 3.63) is 12.7 Å². The fourth-order valence-electron chi connectivity index (χ4n) is 2.55. The molecule has 1 saturated heterocycles. The second kappa shape index (κ2) is 6.58. The van der Waals surface area contributed by atoms with Crippen LogP contribution in [0.15, 0.2) is 12.7 Å². The van der Waals surface area contributed by atoms with E-state index in [9.17, 15) is 4.57 Å². The number of anilines is 1. The van der Waals surface area contributed by atoms with Gasteiger partial charge in [0.1, 0.15) is 18.1 Å². The standard InChI is InChI=1S/C11H16N5O2P3/c1-6-2-8(18-7(6)3-19-21-20-17)16-5-15-9-10(12)13-4-14-11(9)16/h4-8,19,21H,2-3H2,1H3,(H2,12,13,14)/t6?,7-,8-/m1/s1. The molecule has 3 heterocycles. The number of hydrogen-bond acceptors (Lipinski definition) is 6. The fraction of sp³-hybridized carbons (Fsp3) is 0.545. The van der Waals surface area contributed by atoms with Crippen molar-refractivity contribution in [3.63, 3.8) is 0 Å². The maximum Gasteiger partial charge on any atom is 0.182 e. The topological polar surface area (TPSA) is 95.9 Å². The maximum absolute atomic E-state index is 10.5. The predicted octanol–water partition coefficient (Wildman–Crippen LogP) is 2.81. The lowest BCUT2D eigenvalue weighted by atomic mass is 10.1. The quantitative estimate of drug-likeness (QED) is 0.662. The average molecular weight is 343 g/mol. The van der Waals surface area contributed by atoms with Crippen LogP contribution >= 0.6 is 24.4 Å². The number of nitrogens with zero attached hydrogens (tertiary/aromatic N) is 4. The van der Waals surface area contributed by atoms with Gasteiger partial charge in [0.15, 0.2) is 19.6 Å². The van der Waals surface area contributed by atoms with Crippen molar-refractivity contribution < 1.29 is 9.30 Å². The van der Waals surface area contributed by atoms with Gasteiger partial charge in [0.25, 0.3) is 0 Å². The number of hydrogen-bond donors (Lipinski definition) is 1. The van der Waals surface area contributed by atoms with Gasteiger partial charge in [-0.1, -0.05) is 15.2 Å². The van der Waals surface area contributed by atoms with Crippen LogP contribution in [0.5, 0.6) is 0 Å². The molecule has 0 spiro atoms. The van der Waals surface area contributed by atoms with E-state index in [0.29, 0.717) is 39.1 Å². The van der Waals surface area contributed by atoms with Gasteiger partial charge in [-0.3, -0.25) is 9.13 Å². The molecule has 10 heteroatoms. The minimum Gasteiger partial charge on any atom is -0.382 e. The number of nitrogens with two attached hydrogens (primary N) is 1. The highest BCUT2D eigenvalue weighted by Gasteiger charge is 2.33. The zero-order valence-corrected chi connectivity index (χ0v) is 14.3. The van der Waals surface area contributed by atoms with Crippen molar-refractivity contribution in [3.8, 4) is 0 Å². The summed E-state index contributed by atoms with van der Waals surface area (Å²) < 4.78 is 18.6. The second-order valence-corrected chi connectivity index (χ2v) is 10.5. The lowest BCUT2D eigenvalue weighted by molar-refractivity contribution is 0.0101. The van der Waals surface area contributed by atoms with Gasteiger partial charge in [-0.2, -0.15) is 0 Å². The van der Waals surface area contributed by atoms with Crippen molar-refractivity contribution in [2.45, 2.75) is 25.7 Å². The maximum atomic E-state index is 10.5. The molecule has 3 unspecified atom stereocenters. The first-order chi connectivity index (χ1) is 10.2. The average Bonchev–Trinajstić information content (AvgIpc) is 3.04. The predicted molar refractivity (Wildman–Crippen MR) is 86.5 cm³/mol. The van der Waals surface area contributed by atoms with Gasteiger partial charge in [-0.05, 0) is 26.5 Å². The molecule has 7 nitrogen and oxygen atoms in total. The summed E-state index contributed by atoms with van der Waals surface area (Å²) in [6, 6.07) is 0. The van der Waals surface area contributed by atoms with E-state index in [0.717, 1.165) is 12.6 Å². The Morgan fingerprint density at radius 2 is 2.38 bits per heavy atom. The molecule has 1 aliphatic heterocycles. The monoisotopic (exact) mass is 343 g/mol. The fourth-order valence-corrected chi connectivity index (χ4v) is 5.88. The summed E-state index contributed by atoms with van der Waals surface area (Å²) in [6.45, 7) is 2.19. The van der Waals surface area contributed by atoms with Crippen LogP contribution in [-0.4, -0.2) is 31.8 Å². The summed E-state index contributed by atoms with van der Waals surface area (Å²) in [5.74, 6) is 0.853. The van der Waals surface area contributed by atoms with E-state index in [1.54, 1.807) is 6.33 Å². The smallest absolute Gasteiger partial charge is 0.182 e. The number of imidazole rings is 1. The third kappa shape index (κ3) is 3.07. The zero-order chi connectivity index (χ0) is 14.8. The van der Waals surface area contributed by atoms with E-state index in [2.05, 4.69) is 21.9 Å². The van der Waals surface area contributed by atoms with Crippen LogP contribution in [0.3, 0.4) is 0 Å². The summed E-state index contributed by atoms with van der Waals surface area (Å²) in [5.41, 5.74) is 7.14. The molecule has 0 amide bonds. The van der Waals surface area contributed by atoms with Crippen LogP contribution in [-0.2, 0) is 9.30 Å². The minimum absolute atomic E-state index is 0.0674. The van der Waals surface area contributed by atoms with E-state index >= 15 is 0 Å². The Balaban J connectivity index is 1.78. The van der Waals surface area contributed by atoms with Crippen LogP contribution in [0.2, 0.25) is 0 Å². The number of aromatic nitrogens is 4. The highest BCUT2D eigenvalue weighted by molar-refractivity contribution is 8.40. The van der Waals surface area contributed by atoms with E-state index in [1.165, 1.54) is 6.33 Å². The number of ether oxygens (including phenoxy) is 1. The zero-order valence-electron chi connectivity index (χ0n) is 11.4. The molecule has 1 fully saturated rings. The Kier molecular flexibility index (Phi) is 4.75. The third-order valence-electron chi connectivity index (χ3n) is 3.67. The lowest BCUT2D eigenvalue weighted by Gasteiger charge is -2.15. The van der Waals surface area contributed by atoms with Crippen LogP contribution < -0.4 is 5.73 Å². The number of nitrogen functional groups attached to an aromatic ring is 1. The molecular formula is C11H16N5O2P3. The summed E-state index contributed by atoms with van der Waals surface area (Å²) in [5, 5.41) is 0. The molecule has 0 aromatic carbocycles. The Bertz CT molecular complexity index is 652. The first-order valence-corrected chi connectivity index (χ1v) is 11.5. The van der Waals surface area contributed by atoms with E-state index in [1.807, 2.05) is 4.57 Å². The molecule has 5 atom stereocenters. The first-order valence-electron chi connectivity index (χ1n) is 6.59. The van der Waals surface area contributed by atoms with Crippen LogP contribution in [0.4, 0.5) is 5.82 Å². The Morgan fingerprint density at radius 1 is 1.52 bits per heavy atom. The molecule has 2 aromatic rings. The summed E-state index contributed by atoms with van der Waals surface area (Å²) >= 11 is 0. The van der Waals surface area contributed by atoms with Crippen molar-refractivity contribution in [2.24, 2.45) is 5.92 Å². The molecule has 21 heavy (non-hydrogen) atoms. The van der Waals surface area contributed by atoms with Crippen LogP contribution in [0, 0.1) is 5.92 Å². The number of rotatable bonds is 5. The van der Waals surface area contributed by atoms with Crippen LogP contribution in [0.1, 0.15) is 19.6 Å². The van der Waals surface area contributed by atoms with E-state index in [-0.39, 0.29) is 20.5 Å². The van der Waals surface area contributed by atoms with Crippen molar-refractivity contribution in [1.29, 1.82) is 0 Å². The molecule has 0 aliphatic carbocycles. The van der Waals surface area contributed by atoms with Crippen molar-refractivity contribution in [1.82, 2.24) is 19.5 Å². The molecule has 1 aliphatic rings. The van der Waals surface area contributed by atoms with Gasteiger partial charge in [0.05, 0.1) is 12.4 Å². The molecule has 0 radical (unpaired) electrons. The van der Waals surface area contributed by atoms with Gasteiger partial charge in [0, 0.05) is 0 Å². The van der Waals surface area contributed by atoms with Gasteiger partial charge < -0.3 is 10.5 Å². The molecule has 3 rings (SSSR count). The Morgan fingerprint density at radius 3 is 3.19 bits per heavy atom. The molecule has 112 valence electrons. The Labute approximate surface area is 127 Å². The van der Waals surface area contributed by atoms with Gasteiger partial charge in [-0.15, -0.1) is 0 Å². The van der Waals surface area contributed by atoms with Gasteiger partial charge in [-0.25, -0.2) is 15.0 Å². The first kappa shape index (κ1) is 15.2. The van der Waals surface area contributed by atoms with Gasteiger partial charge >= 0.3 is 0 Å². The highest BCUT2D eigenvalue weighted by Crippen LogP contribution is 2.49. The molecule has 0 saturated carbocycles. The summed E-state index contributed by atoms with van der Waals surface area (Å²) in [7, 11) is 1.43. The normalized spacial score (nSPS) is 27.0. The summed E-state index contributed by atoms with van der Waals surface area (Å²) in [4.78, 5) is 12.5. The molecular weight excluding hydrogens is 327 g/mol. The highest BCUT2D eigenvalue weighted by atomic mass is 32.4. The lowest BCUT2D eigenvalue weighted by Crippen LogP contribution is -2.16. The SMILES string of the molecule is CC1C[C@H](n2cnc3c(N)ncnc32)O[C@@H]1CPPP=O. The largest absolute Gasteiger partial charge is 0.382 e. The third-order valence-corrected chi connectivity index (χ3v) is 8.13. The van der Waals surface area contributed by atoms with Crippen molar-refractivity contribution >= 4 is 41.4 Å². The van der Waals surface area contributed by atoms with Crippen molar-refractivity contribution in [2.75, 3.05) is 11.9 Å².